The first kappa shape index (κ1) is 25.0. The number of hydrogen-bond acceptors (Lipinski definition) is 7. The molecule has 0 saturated carbocycles. The van der Waals surface area contributed by atoms with E-state index in [4.69, 9.17) is 32.5 Å². The van der Waals surface area contributed by atoms with Gasteiger partial charge in [0.15, 0.2) is 5.84 Å². The predicted molar refractivity (Wildman–Crippen MR) is 136 cm³/mol. The second kappa shape index (κ2) is 11.6. The number of piperidine rings is 1. The molecule has 1 aliphatic heterocycles. The van der Waals surface area contributed by atoms with Gasteiger partial charge in [0, 0.05) is 42.5 Å². The van der Waals surface area contributed by atoms with Crippen molar-refractivity contribution in [1.29, 1.82) is 0 Å². The summed E-state index contributed by atoms with van der Waals surface area (Å²) in [6.07, 6.45) is 1.91. The third-order valence-corrected chi connectivity index (χ3v) is 6.65. The number of rotatable bonds is 8. The number of benzene rings is 2. The zero-order valence-corrected chi connectivity index (χ0v) is 21.0. The number of halogens is 2. The Morgan fingerprint density at radius 3 is 2.51 bits per heavy atom. The fourth-order valence-electron chi connectivity index (χ4n) is 4.11. The van der Waals surface area contributed by atoms with E-state index in [1.807, 2.05) is 31.2 Å². The predicted octanol–water partition coefficient (Wildman–Crippen LogP) is 5.20. The number of nitrogens with one attached hydrogen (secondary N) is 1. The van der Waals surface area contributed by atoms with Crippen LogP contribution in [0.5, 0.6) is 0 Å². The lowest BCUT2D eigenvalue weighted by Crippen LogP contribution is -2.37. The average molecular weight is 517 g/mol. The van der Waals surface area contributed by atoms with Crippen LogP contribution in [0.2, 0.25) is 10.0 Å². The van der Waals surface area contributed by atoms with Crippen LogP contribution in [0, 0.1) is 6.92 Å². The molecule has 0 amide bonds. The summed E-state index contributed by atoms with van der Waals surface area (Å²) in [6.45, 7) is 4.27. The van der Waals surface area contributed by atoms with Crippen molar-refractivity contribution in [2.45, 2.75) is 32.5 Å². The van der Waals surface area contributed by atoms with E-state index in [2.05, 4.69) is 25.4 Å². The summed E-state index contributed by atoms with van der Waals surface area (Å²) in [5, 5.41) is 11.9. The molecule has 0 aliphatic carbocycles. The van der Waals surface area contributed by atoms with Crippen LogP contribution < -0.4 is 10.2 Å². The molecule has 35 heavy (non-hydrogen) atoms. The van der Waals surface area contributed by atoms with Crippen LogP contribution in [0.25, 0.3) is 11.3 Å². The first-order chi connectivity index (χ1) is 17.0. The van der Waals surface area contributed by atoms with Crippen molar-refractivity contribution < 1.29 is 18.9 Å². The van der Waals surface area contributed by atoms with E-state index in [9.17, 15) is 4.79 Å². The topological polar surface area (TPSA) is 89.2 Å². The maximum Gasteiger partial charge on any atom is 0.323 e. The smallest absolute Gasteiger partial charge is 0.323 e. The lowest BCUT2D eigenvalue weighted by Gasteiger charge is -2.33. The van der Waals surface area contributed by atoms with Crippen LogP contribution in [0.4, 0.5) is 5.69 Å². The number of oxime groups is 1. The summed E-state index contributed by atoms with van der Waals surface area (Å²) in [4.78, 5) is 17.2. The molecule has 10 heteroatoms. The molecule has 1 saturated heterocycles. The molecule has 1 fully saturated rings. The summed E-state index contributed by atoms with van der Waals surface area (Å²) in [6, 6.07) is 13.3. The Balaban J connectivity index is 1.36. The second-order valence-corrected chi connectivity index (χ2v) is 8.91. The summed E-state index contributed by atoms with van der Waals surface area (Å²) in [5.41, 5.74) is 4.09. The van der Waals surface area contributed by atoms with Crippen molar-refractivity contribution in [2.24, 2.45) is 5.16 Å². The first-order valence-electron chi connectivity index (χ1n) is 11.2. The van der Waals surface area contributed by atoms with Crippen LogP contribution in [0.3, 0.4) is 0 Å². The highest BCUT2D eigenvalue weighted by Crippen LogP contribution is 2.37. The molecule has 8 nitrogen and oxygen atoms in total. The average Bonchev–Trinajstić information content (AvgIpc) is 3.23. The minimum absolute atomic E-state index is 0.123. The summed E-state index contributed by atoms with van der Waals surface area (Å²) < 4.78 is 11.7. The van der Waals surface area contributed by atoms with E-state index in [-0.39, 0.29) is 12.6 Å². The van der Waals surface area contributed by atoms with Gasteiger partial charge in [0.2, 0.25) is 0 Å². The molecular formula is C25H26Cl2N4O4. The van der Waals surface area contributed by atoms with Gasteiger partial charge in [-0.2, -0.15) is 0 Å². The lowest BCUT2D eigenvalue weighted by atomic mass is 10.0. The van der Waals surface area contributed by atoms with Crippen molar-refractivity contribution in [1.82, 2.24) is 10.5 Å². The number of carbonyl (C=O) groups is 1. The van der Waals surface area contributed by atoms with Crippen LogP contribution in [0.1, 0.15) is 29.7 Å². The largest absolute Gasteiger partial charge is 0.373 e. The molecule has 0 atom stereocenters. The van der Waals surface area contributed by atoms with E-state index < -0.39 is 0 Å². The molecule has 184 valence electrons. The molecule has 0 radical (unpaired) electrons. The SMILES string of the molecule is CN/C(=N\OC=O)c1ccc(N2CCC(OCc3c(-c4c(Cl)cccc4Cl)noc3C)CC2)cc1. The first-order valence-corrected chi connectivity index (χ1v) is 12.0. The highest BCUT2D eigenvalue weighted by atomic mass is 35.5. The summed E-state index contributed by atoms with van der Waals surface area (Å²) in [7, 11) is 1.72. The Hall–Kier alpha value is -3.07. The number of aromatic nitrogens is 1. The van der Waals surface area contributed by atoms with Crippen LogP contribution in [-0.2, 0) is 21.0 Å². The number of ether oxygens (including phenoxy) is 1. The van der Waals surface area contributed by atoms with Crippen molar-refractivity contribution in [3.05, 3.63) is 69.4 Å². The van der Waals surface area contributed by atoms with Gasteiger partial charge in [0.05, 0.1) is 22.8 Å². The monoisotopic (exact) mass is 516 g/mol. The van der Waals surface area contributed by atoms with Gasteiger partial charge in [0.1, 0.15) is 11.5 Å². The van der Waals surface area contributed by atoms with Gasteiger partial charge in [-0.05, 0) is 56.2 Å². The van der Waals surface area contributed by atoms with Gasteiger partial charge in [-0.3, -0.25) is 4.79 Å². The standard InChI is InChI=1S/C25H26Cl2N4O4/c1-16-20(24(29-35-16)23-21(26)4-3-5-22(23)27)14-33-19-10-12-31(13-11-19)18-8-6-17(7-9-18)25(28-2)30-34-15-32/h3-9,15,19H,10-14H2,1-2H3,(H,28,30). The Morgan fingerprint density at radius 2 is 1.89 bits per heavy atom. The zero-order chi connectivity index (χ0) is 24.8. The van der Waals surface area contributed by atoms with Crippen molar-refractivity contribution in [3.63, 3.8) is 0 Å². The van der Waals surface area contributed by atoms with Crippen LogP contribution in [-0.4, -0.2) is 43.7 Å². The van der Waals surface area contributed by atoms with Crippen molar-refractivity contribution in [3.8, 4) is 11.3 Å². The van der Waals surface area contributed by atoms with E-state index in [0.717, 1.165) is 42.7 Å². The minimum Gasteiger partial charge on any atom is -0.373 e. The number of hydrogen-bond donors (Lipinski definition) is 1. The second-order valence-electron chi connectivity index (χ2n) is 8.10. The maximum absolute atomic E-state index is 10.4. The molecule has 2 aromatic carbocycles. The number of nitrogens with zero attached hydrogens (tertiary/aromatic N) is 3. The molecule has 0 unspecified atom stereocenters. The van der Waals surface area contributed by atoms with Gasteiger partial charge >= 0.3 is 6.47 Å². The van der Waals surface area contributed by atoms with E-state index in [0.29, 0.717) is 39.5 Å². The molecule has 1 aromatic heterocycles. The van der Waals surface area contributed by atoms with Gasteiger partial charge in [-0.25, -0.2) is 0 Å². The van der Waals surface area contributed by atoms with Gasteiger partial charge in [-0.15, -0.1) is 0 Å². The molecule has 1 aliphatic rings. The summed E-state index contributed by atoms with van der Waals surface area (Å²) >= 11 is 12.8. The van der Waals surface area contributed by atoms with Gasteiger partial charge < -0.3 is 24.3 Å². The Labute approximate surface area is 213 Å². The van der Waals surface area contributed by atoms with E-state index in [1.165, 1.54) is 0 Å². The number of anilines is 1. The lowest BCUT2D eigenvalue weighted by molar-refractivity contribution is -0.128. The minimum atomic E-state index is 0.123. The fourth-order valence-corrected chi connectivity index (χ4v) is 4.69. The molecule has 4 rings (SSSR count). The Bertz CT molecular complexity index is 1170. The quantitative estimate of drug-likeness (QED) is 0.145. The Morgan fingerprint density at radius 1 is 1.20 bits per heavy atom. The van der Waals surface area contributed by atoms with Gasteiger partial charge in [-0.1, -0.05) is 39.6 Å². The normalized spacial score (nSPS) is 14.7. The number of amidine groups is 1. The molecule has 0 spiro atoms. The van der Waals surface area contributed by atoms with E-state index >= 15 is 0 Å². The third kappa shape index (κ3) is 5.78. The van der Waals surface area contributed by atoms with Crippen molar-refractivity contribution in [2.75, 3.05) is 25.0 Å². The van der Waals surface area contributed by atoms with Crippen molar-refractivity contribution >= 4 is 41.2 Å². The highest BCUT2D eigenvalue weighted by molar-refractivity contribution is 6.39. The zero-order valence-electron chi connectivity index (χ0n) is 19.5. The fraction of sp³-hybridized carbons (Fsp3) is 0.320. The van der Waals surface area contributed by atoms with E-state index in [1.54, 1.807) is 25.2 Å². The molecule has 1 N–H and O–H groups in total. The van der Waals surface area contributed by atoms with Crippen LogP contribution >= 0.6 is 23.2 Å². The Kier molecular flexibility index (Phi) is 8.28. The third-order valence-electron chi connectivity index (χ3n) is 6.02. The molecule has 0 bridgehead atoms. The molecule has 3 aromatic rings. The van der Waals surface area contributed by atoms with Gasteiger partial charge in [0.25, 0.3) is 0 Å². The number of aryl methyl sites for hydroxylation is 1. The summed E-state index contributed by atoms with van der Waals surface area (Å²) in [5.74, 6) is 1.17. The van der Waals surface area contributed by atoms with Crippen LogP contribution in [0.15, 0.2) is 52.1 Å². The molecular weight excluding hydrogens is 491 g/mol. The molecule has 2 heterocycles. The number of carbonyl (C=O) groups excluding carboxylic acids is 1. The maximum atomic E-state index is 10.4. The highest BCUT2D eigenvalue weighted by Gasteiger charge is 2.24.